The van der Waals surface area contributed by atoms with Crippen molar-refractivity contribution in [3.8, 4) is 0 Å². The molecule has 0 radical (unpaired) electrons. The molecular weight excluding hydrogens is 254 g/mol. The summed E-state index contributed by atoms with van der Waals surface area (Å²) in [6, 6.07) is 1.60. The predicted octanol–water partition coefficient (Wildman–Crippen LogP) is 2.08. The molecule has 76 valence electrons. The lowest BCUT2D eigenvalue weighted by Crippen LogP contribution is -2.27. The Hall–Kier alpha value is -0.550. The molecule has 1 aliphatic rings. The van der Waals surface area contributed by atoms with E-state index in [0.29, 0.717) is 10.0 Å². The molecule has 1 aliphatic carbocycles. The Morgan fingerprint density at radius 2 is 2.21 bits per heavy atom. The van der Waals surface area contributed by atoms with Gasteiger partial charge < -0.3 is 5.73 Å². The van der Waals surface area contributed by atoms with E-state index in [0.717, 1.165) is 0 Å². The number of hydrogen-bond acceptors (Lipinski definition) is 2. The van der Waals surface area contributed by atoms with Crippen molar-refractivity contribution in [1.29, 1.82) is 0 Å². The Morgan fingerprint density at radius 3 is 2.64 bits per heavy atom. The fourth-order valence-corrected chi connectivity index (χ4v) is 2.35. The van der Waals surface area contributed by atoms with Crippen LogP contribution < -0.4 is 5.73 Å². The largest absolute Gasteiger partial charge is 0.329 e. The lowest BCUT2D eigenvalue weighted by atomic mass is 9.97. The van der Waals surface area contributed by atoms with Gasteiger partial charge in [-0.15, -0.1) is 0 Å². The van der Waals surface area contributed by atoms with Crippen molar-refractivity contribution in [2.75, 3.05) is 6.54 Å². The van der Waals surface area contributed by atoms with Gasteiger partial charge >= 0.3 is 0 Å². The summed E-state index contributed by atoms with van der Waals surface area (Å²) in [6.07, 6.45) is 2.85. The predicted molar refractivity (Wildman–Crippen MR) is 52.2 cm³/mol. The zero-order valence-electron chi connectivity index (χ0n) is 7.30. The third kappa shape index (κ3) is 1.19. The molecule has 0 aliphatic heterocycles. The summed E-state index contributed by atoms with van der Waals surface area (Å²) < 4.78 is 27.0. The van der Waals surface area contributed by atoms with Crippen molar-refractivity contribution in [1.82, 2.24) is 4.98 Å². The van der Waals surface area contributed by atoms with Crippen molar-refractivity contribution in [3.05, 3.63) is 28.5 Å². The zero-order chi connectivity index (χ0) is 10.4. The average Bonchev–Trinajstić information content (AvgIpc) is 2.70. The third-order valence-electron chi connectivity index (χ3n) is 2.74. The highest BCUT2D eigenvalue weighted by Crippen LogP contribution is 2.61. The maximum Gasteiger partial charge on any atom is 0.260 e. The molecule has 2 nitrogen and oxygen atoms in total. The van der Waals surface area contributed by atoms with Crippen molar-refractivity contribution in [2.45, 2.75) is 17.8 Å². The first-order chi connectivity index (χ1) is 6.53. The fraction of sp³-hybridized carbons (Fsp3) is 0.444. The molecule has 2 rings (SSSR count). The van der Waals surface area contributed by atoms with Gasteiger partial charge in [-0.3, -0.25) is 4.98 Å². The van der Waals surface area contributed by atoms with Crippen LogP contribution in [0.15, 0.2) is 22.9 Å². The van der Waals surface area contributed by atoms with E-state index in [1.54, 1.807) is 6.07 Å². The van der Waals surface area contributed by atoms with Gasteiger partial charge in [-0.05, 0) is 27.6 Å². The SMILES string of the molecule is NCC1(c2ccncc2Br)CC1(F)F. The molecule has 1 heterocycles. The molecule has 1 unspecified atom stereocenters. The molecule has 1 aromatic rings. The number of halogens is 3. The zero-order valence-corrected chi connectivity index (χ0v) is 8.89. The molecule has 2 N–H and O–H groups in total. The van der Waals surface area contributed by atoms with E-state index < -0.39 is 11.3 Å². The second kappa shape index (κ2) is 2.97. The summed E-state index contributed by atoms with van der Waals surface area (Å²) in [5.74, 6) is -2.67. The Balaban J connectivity index is 2.46. The number of nitrogens with two attached hydrogens (primary N) is 1. The second-order valence-corrected chi connectivity index (χ2v) is 4.38. The molecule has 1 aromatic heterocycles. The molecule has 1 atom stereocenters. The van der Waals surface area contributed by atoms with Crippen LogP contribution in [-0.4, -0.2) is 17.5 Å². The van der Waals surface area contributed by atoms with Crippen LogP contribution >= 0.6 is 15.9 Å². The van der Waals surface area contributed by atoms with Crippen LogP contribution in [0.5, 0.6) is 0 Å². The fourth-order valence-electron chi connectivity index (χ4n) is 1.72. The number of nitrogens with zero attached hydrogens (tertiary/aromatic N) is 1. The summed E-state index contributed by atoms with van der Waals surface area (Å²) in [7, 11) is 0. The molecule has 0 bridgehead atoms. The van der Waals surface area contributed by atoms with E-state index in [1.807, 2.05) is 0 Å². The minimum Gasteiger partial charge on any atom is -0.329 e. The van der Waals surface area contributed by atoms with Gasteiger partial charge in [0, 0.05) is 29.8 Å². The molecule has 1 fully saturated rings. The first kappa shape index (κ1) is 9.98. The molecule has 0 amide bonds. The van der Waals surface area contributed by atoms with Gasteiger partial charge in [0.2, 0.25) is 0 Å². The van der Waals surface area contributed by atoms with Crippen molar-refractivity contribution in [3.63, 3.8) is 0 Å². The lowest BCUT2D eigenvalue weighted by molar-refractivity contribution is 0.0894. The standard InChI is InChI=1S/C9H9BrF2N2/c10-7-3-14-2-1-6(7)8(5-13)4-9(8,11)12/h1-3H,4-5,13H2. The van der Waals surface area contributed by atoms with Crippen molar-refractivity contribution in [2.24, 2.45) is 5.73 Å². The van der Waals surface area contributed by atoms with Crippen LogP contribution in [-0.2, 0) is 5.41 Å². The molecule has 0 aromatic carbocycles. The molecule has 0 saturated heterocycles. The van der Waals surface area contributed by atoms with Crippen LogP contribution in [0, 0.1) is 0 Å². The summed E-state index contributed by atoms with van der Waals surface area (Å²) in [6.45, 7) is -0.0391. The summed E-state index contributed by atoms with van der Waals surface area (Å²) >= 11 is 3.21. The van der Waals surface area contributed by atoms with Gasteiger partial charge in [-0.2, -0.15) is 0 Å². The Bertz CT molecular complexity index is 370. The first-order valence-corrected chi connectivity index (χ1v) is 5.01. The summed E-state index contributed by atoms with van der Waals surface area (Å²) in [5.41, 5.74) is 4.81. The number of aromatic nitrogens is 1. The maximum absolute atomic E-state index is 13.2. The van der Waals surface area contributed by atoms with Gasteiger partial charge in [0.25, 0.3) is 5.92 Å². The van der Waals surface area contributed by atoms with Gasteiger partial charge in [0.1, 0.15) is 0 Å². The van der Waals surface area contributed by atoms with E-state index in [-0.39, 0.29) is 13.0 Å². The van der Waals surface area contributed by atoms with E-state index in [2.05, 4.69) is 20.9 Å². The topological polar surface area (TPSA) is 38.9 Å². The number of pyridine rings is 1. The summed E-state index contributed by atoms with van der Waals surface area (Å²) in [4.78, 5) is 3.84. The number of hydrogen-bond donors (Lipinski definition) is 1. The Labute approximate surface area is 88.6 Å². The highest BCUT2D eigenvalue weighted by Gasteiger charge is 2.71. The minimum absolute atomic E-state index is 0.0391. The first-order valence-electron chi connectivity index (χ1n) is 4.21. The van der Waals surface area contributed by atoms with Gasteiger partial charge in [0.15, 0.2) is 0 Å². The van der Waals surface area contributed by atoms with Crippen LogP contribution in [0.3, 0.4) is 0 Å². The van der Waals surface area contributed by atoms with Crippen LogP contribution in [0.1, 0.15) is 12.0 Å². The smallest absolute Gasteiger partial charge is 0.260 e. The van der Waals surface area contributed by atoms with E-state index in [9.17, 15) is 8.78 Å². The maximum atomic E-state index is 13.2. The van der Waals surface area contributed by atoms with Crippen LogP contribution in [0.2, 0.25) is 0 Å². The summed E-state index contributed by atoms with van der Waals surface area (Å²) in [5, 5.41) is 0. The highest BCUT2D eigenvalue weighted by molar-refractivity contribution is 9.10. The number of alkyl halides is 2. The van der Waals surface area contributed by atoms with Crippen LogP contribution in [0.25, 0.3) is 0 Å². The van der Waals surface area contributed by atoms with Crippen molar-refractivity contribution >= 4 is 15.9 Å². The van der Waals surface area contributed by atoms with Crippen molar-refractivity contribution < 1.29 is 8.78 Å². The quantitative estimate of drug-likeness (QED) is 0.887. The Kier molecular flexibility index (Phi) is 2.12. The molecule has 1 saturated carbocycles. The second-order valence-electron chi connectivity index (χ2n) is 3.52. The molecule has 5 heteroatoms. The lowest BCUT2D eigenvalue weighted by Gasteiger charge is -2.15. The molecule has 14 heavy (non-hydrogen) atoms. The van der Waals surface area contributed by atoms with E-state index in [1.165, 1.54) is 12.4 Å². The highest BCUT2D eigenvalue weighted by atomic mass is 79.9. The minimum atomic E-state index is -2.67. The van der Waals surface area contributed by atoms with Crippen LogP contribution in [0.4, 0.5) is 8.78 Å². The van der Waals surface area contributed by atoms with Gasteiger partial charge in [-0.1, -0.05) is 0 Å². The van der Waals surface area contributed by atoms with E-state index in [4.69, 9.17) is 5.73 Å². The normalized spacial score (nSPS) is 28.9. The average molecular weight is 263 g/mol. The van der Waals surface area contributed by atoms with Gasteiger partial charge in [0.05, 0.1) is 5.41 Å². The third-order valence-corrected chi connectivity index (χ3v) is 3.37. The molecular formula is C9H9BrF2N2. The molecule has 0 spiro atoms. The Morgan fingerprint density at radius 1 is 1.57 bits per heavy atom. The monoisotopic (exact) mass is 262 g/mol. The van der Waals surface area contributed by atoms with Gasteiger partial charge in [-0.25, -0.2) is 8.78 Å². The van der Waals surface area contributed by atoms with E-state index >= 15 is 0 Å². The number of rotatable bonds is 2.